The van der Waals surface area contributed by atoms with Gasteiger partial charge in [-0.15, -0.1) is 0 Å². The Morgan fingerprint density at radius 3 is 2.44 bits per heavy atom. The van der Waals surface area contributed by atoms with Crippen LogP contribution in [0.1, 0.15) is 23.1 Å². The van der Waals surface area contributed by atoms with Crippen LogP contribution in [0.2, 0.25) is 0 Å². The fraction of sp³-hybridized carbons (Fsp3) is 0.150. The molecule has 1 amide bonds. The van der Waals surface area contributed by atoms with Gasteiger partial charge in [-0.05, 0) is 22.9 Å². The van der Waals surface area contributed by atoms with Crippen molar-refractivity contribution < 1.29 is 15.0 Å². The van der Waals surface area contributed by atoms with Gasteiger partial charge in [0.25, 0.3) is 0 Å². The maximum Gasteiger partial charge on any atom is 0.234 e. The third-order valence-corrected chi connectivity index (χ3v) is 5.31. The predicted octanol–water partition coefficient (Wildman–Crippen LogP) is 3.21. The van der Waals surface area contributed by atoms with Crippen molar-refractivity contribution in [2.45, 2.75) is 12.0 Å². The van der Waals surface area contributed by atoms with E-state index in [0.717, 1.165) is 10.8 Å². The van der Waals surface area contributed by atoms with E-state index in [2.05, 4.69) is 0 Å². The van der Waals surface area contributed by atoms with Crippen LogP contribution in [0.15, 0.2) is 54.6 Å². The highest BCUT2D eigenvalue weighted by Gasteiger charge is 2.45. The van der Waals surface area contributed by atoms with E-state index < -0.39 is 5.92 Å². The molecular weight excluding hydrogens is 316 g/mol. The van der Waals surface area contributed by atoms with Crippen molar-refractivity contribution in [3.05, 3.63) is 65.7 Å². The van der Waals surface area contributed by atoms with Gasteiger partial charge in [0.05, 0.1) is 17.6 Å². The molecule has 3 aliphatic rings. The Bertz CT molecular complexity index is 1080. The Balaban J connectivity index is 1.77. The van der Waals surface area contributed by atoms with Crippen LogP contribution in [0.3, 0.4) is 0 Å². The predicted molar refractivity (Wildman–Crippen MR) is 94.0 cm³/mol. The zero-order valence-electron chi connectivity index (χ0n) is 13.5. The summed E-state index contributed by atoms with van der Waals surface area (Å²) in [7, 11) is 1.72. The van der Waals surface area contributed by atoms with Gasteiger partial charge in [-0.1, -0.05) is 42.5 Å². The van der Waals surface area contributed by atoms with Gasteiger partial charge >= 0.3 is 0 Å². The molecule has 2 atom stereocenters. The Hall–Kier alpha value is -3.21. The molecule has 0 radical (unpaired) electrons. The lowest BCUT2D eigenvalue weighted by atomic mass is 9.81. The summed E-state index contributed by atoms with van der Waals surface area (Å²) in [6, 6.07) is 13.3. The molecule has 0 saturated carbocycles. The number of hydrogen-bond acceptors (Lipinski definition) is 3. The lowest BCUT2D eigenvalue weighted by molar-refractivity contribution is -0.133. The summed E-state index contributed by atoms with van der Waals surface area (Å²) in [5.41, 5.74) is 1.79. The topological polar surface area (TPSA) is 65.7 Å². The van der Waals surface area contributed by atoms with E-state index in [1.807, 2.05) is 48.5 Å². The van der Waals surface area contributed by atoms with Crippen molar-refractivity contribution in [2.24, 2.45) is 0 Å². The lowest BCUT2D eigenvalue weighted by Gasteiger charge is -2.38. The highest BCUT2D eigenvalue weighted by atomic mass is 16.3. The van der Waals surface area contributed by atoms with Crippen LogP contribution in [0, 0.1) is 0 Å². The zero-order chi connectivity index (χ0) is 17.3. The molecule has 2 bridgehead atoms. The summed E-state index contributed by atoms with van der Waals surface area (Å²) in [6.07, 6.45) is 3.71. The van der Waals surface area contributed by atoms with E-state index in [-0.39, 0.29) is 23.7 Å². The van der Waals surface area contributed by atoms with Crippen molar-refractivity contribution in [1.29, 1.82) is 0 Å². The van der Waals surface area contributed by atoms with Crippen molar-refractivity contribution >= 4 is 16.7 Å². The SMILES string of the molecule is CN1C(=O)C2C=CC1c1c2c(O)n(-c2ccc3ccccc3c2)c1O. The van der Waals surface area contributed by atoms with Crippen LogP contribution in [-0.4, -0.2) is 32.6 Å². The summed E-state index contributed by atoms with van der Waals surface area (Å²) in [5.74, 6) is -0.686. The summed E-state index contributed by atoms with van der Waals surface area (Å²) in [6.45, 7) is 0. The van der Waals surface area contributed by atoms with E-state index in [0.29, 0.717) is 16.8 Å². The molecule has 25 heavy (non-hydrogen) atoms. The summed E-state index contributed by atoms with van der Waals surface area (Å²) >= 11 is 0. The van der Waals surface area contributed by atoms with Gasteiger partial charge in [-0.2, -0.15) is 0 Å². The zero-order valence-corrected chi connectivity index (χ0v) is 13.5. The van der Waals surface area contributed by atoms with Gasteiger partial charge in [0, 0.05) is 18.2 Å². The molecule has 2 N–H and O–H groups in total. The minimum absolute atomic E-state index is 0.0125. The van der Waals surface area contributed by atoms with Crippen molar-refractivity contribution in [3.8, 4) is 17.4 Å². The molecule has 2 aromatic carbocycles. The molecule has 1 aromatic heterocycles. The standard InChI is InChI=1S/C20H16N2O3/c1-21-15-9-8-14(18(21)23)16-17(15)20(25)22(19(16)24)13-7-6-11-4-2-3-5-12(11)10-13/h2-10,14-15,24-25H,1H3. The first-order chi connectivity index (χ1) is 12.1. The summed E-state index contributed by atoms with van der Waals surface area (Å²) in [5, 5.41) is 23.7. The van der Waals surface area contributed by atoms with Gasteiger partial charge in [0.15, 0.2) is 0 Å². The van der Waals surface area contributed by atoms with Crippen LogP contribution in [0.5, 0.6) is 11.8 Å². The Morgan fingerprint density at radius 2 is 1.64 bits per heavy atom. The minimum Gasteiger partial charge on any atom is -0.494 e. The molecule has 0 spiro atoms. The summed E-state index contributed by atoms with van der Waals surface area (Å²) < 4.78 is 1.43. The van der Waals surface area contributed by atoms with Crippen molar-refractivity contribution in [3.63, 3.8) is 0 Å². The molecule has 0 fully saturated rings. The maximum absolute atomic E-state index is 12.4. The van der Waals surface area contributed by atoms with E-state index in [1.54, 1.807) is 18.0 Å². The fourth-order valence-corrected chi connectivity index (χ4v) is 4.03. The van der Waals surface area contributed by atoms with Crippen LogP contribution < -0.4 is 0 Å². The molecule has 5 heteroatoms. The van der Waals surface area contributed by atoms with Crippen LogP contribution >= 0.6 is 0 Å². The highest BCUT2D eigenvalue weighted by molar-refractivity contribution is 5.92. The van der Waals surface area contributed by atoms with Gasteiger partial charge in [0.2, 0.25) is 17.7 Å². The van der Waals surface area contributed by atoms with Gasteiger partial charge in [-0.25, -0.2) is 0 Å². The number of rotatable bonds is 1. The second-order valence-electron chi connectivity index (χ2n) is 6.60. The Labute approximate surface area is 144 Å². The number of carbonyl (C=O) groups is 1. The average Bonchev–Trinajstić information content (AvgIpc) is 2.90. The fourth-order valence-electron chi connectivity index (χ4n) is 4.03. The molecule has 2 aliphatic heterocycles. The minimum atomic E-state index is -0.544. The Morgan fingerprint density at radius 1 is 0.920 bits per heavy atom. The second-order valence-corrected chi connectivity index (χ2v) is 6.60. The number of hydrogen-bond donors (Lipinski definition) is 2. The number of carbonyl (C=O) groups excluding carboxylic acids is 1. The summed E-state index contributed by atoms with van der Waals surface area (Å²) in [4.78, 5) is 14.0. The number of benzene rings is 2. The van der Waals surface area contributed by atoms with Crippen LogP contribution in [0.4, 0.5) is 0 Å². The maximum atomic E-state index is 12.4. The number of aromatic hydroxyl groups is 2. The lowest BCUT2D eigenvalue weighted by Crippen LogP contribution is -2.41. The molecule has 3 aromatic rings. The third-order valence-electron chi connectivity index (χ3n) is 5.31. The van der Waals surface area contributed by atoms with Crippen molar-refractivity contribution in [2.75, 3.05) is 7.05 Å². The van der Waals surface area contributed by atoms with Crippen LogP contribution in [-0.2, 0) is 4.79 Å². The van der Waals surface area contributed by atoms with Gasteiger partial charge in [-0.3, -0.25) is 9.36 Å². The molecule has 124 valence electrons. The second kappa shape index (κ2) is 4.66. The molecule has 5 nitrogen and oxygen atoms in total. The first-order valence-corrected chi connectivity index (χ1v) is 8.18. The van der Waals surface area contributed by atoms with E-state index in [9.17, 15) is 15.0 Å². The molecule has 6 rings (SSSR count). The van der Waals surface area contributed by atoms with Crippen molar-refractivity contribution in [1.82, 2.24) is 9.47 Å². The molecule has 2 unspecified atom stereocenters. The van der Waals surface area contributed by atoms with E-state index in [4.69, 9.17) is 0 Å². The molecule has 0 saturated heterocycles. The number of nitrogens with zero attached hydrogens (tertiary/aromatic N) is 2. The average molecular weight is 332 g/mol. The third kappa shape index (κ3) is 1.70. The number of amides is 1. The van der Waals surface area contributed by atoms with E-state index in [1.165, 1.54) is 4.57 Å². The Kier molecular flexibility index (Phi) is 2.64. The van der Waals surface area contributed by atoms with Gasteiger partial charge in [0.1, 0.15) is 0 Å². The molecule has 1 aliphatic carbocycles. The molecular formula is C20H16N2O3. The number of likely N-dealkylation sites (N-methyl/N-ethyl adjacent to an activating group) is 1. The largest absolute Gasteiger partial charge is 0.494 e. The highest BCUT2D eigenvalue weighted by Crippen LogP contribution is 2.52. The number of aromatic nitrogens is 1. The first kappa shape index (κ1) is 14.2. The normalized spacial score (nSPS) is 21.2. The first-order valence-electron chi connectivity index (χ1n) is 8.18. The molecule has 3 heterocycles. The van der Waals surface area contributed by atoms with E-state index >= 15 is 0 Å². The van der Waals surface area contributed by atoms with Gasteiger partial charge < -0.3 is 15.1 Å². The quantitative estimate of drug-likeness (QED) is 0.673. The monoisotopic (exact) mass is 332 g/mol. The number of fused-ring (bicyclic) bond motifs is 2. The smallest absolute Gasteiger partial charge is 0.234 e. The van der Waals surface area contributed by atoms with Crippen LogP contribution in [0.25, 0.3) is 16.5 Å².